The molecule has 0 bridgehead atoms. The van der Waals surface area contributed by atoms with Crippen LogP contribution in [0.3, 0.4) is 0 Å². The third-order valence-corrected chi connectivity index (χ3v) is 5.90. The topological polar surface area (TPSA) is 99.8 Å². The predicted octanol–water partition coefficient (Wildman–Crippen LogP) is 3.78. The maximum atomic E-state index is 13.6. The second-order valence-electron chi connectivity index (χ2n) is 7.81. The molecule has 7 nitrogen and oxygen atoms in total. The first-order valence-corrected chi connectivity index (χ1v) is 9.99. The summed E-state index contributed by atoms with van der Waals surface area (Å²) < 4.78 is 20.8. The van der Waals surface area contributed by atoms with Gasteiger partial charge in [-0.2, -0.15) is 5.26 Å². The van der Waals surface area contributed by atoms with Gasteiger partial charge in [-0.3, -0.25) is 0 Å². The van der Waals surface area contributed by atoms with Gasteiger partial charge in [0.25, 0.3) is 0 Å². The number of nitrogens with one attached hydrogen (secondary N) is 1. The number of methoxy groups -OCH3 is 1. The van der Waals surface area contributed by atoms with Crippen molar-refractivity contribution in [1.82, 2.24) is 19.7 Å². The molecular weight excluding hydrogens is 397 g/mol. The van der Waals surface area contributed by atoms with E-state index in [2.05, 4.69) is 21.1 Å². The van der Waals surface area contributed by atoms with Crippen molar-refractivity contribution >= 4 is 10.9 Å². The van der Waals surface area contributed by atoms with Crippen molar-refractivity contribution in [2.75, 3.05) is 7.11 Å². The summed E-state index contributed by atoms with van der Waals surface area (Å²) in [6, 6.07) is 11.9. The van der Waals surface area contributed by atoms with E-state index in [0.29, 0.717) is 52.7 Å². The zero-order valence-corrected chi connectivity index (χ0v) is 17.1. The second-order valence-corrected chi connectivity index (χ2v) is 7.81. The van der Waals surface area contributed by atoms with Gasteiger partial charge in [0.15, 0.2) is 11.6 Å². The lowest BCUT2D eigenvalue weighted by molar-refractivity contribution is 0.0389. The number of halogens is 1. The molecule has 156 valence electrons. The Morgan fingerprint density at radius 3 is 2.87 bits per heavy atom. The molecule has 31 heavy (non-hydrogen) atoms. The van der Waals surface area contributed by atoms with Crippen LogP contribution in [0.4, 0.5) is 4.39 Å². The van der Waals surface area contributed by atoms with Crippen LogP contribution in [0.15, 0.2) is 36.4 Å². The van der Waals surface area contributed by atoms with E-state index in [9.17, 15) is 14.8 Å². The van der Waals surface area contributed by atoms with Crippen molar-refractivity contribution in [3.63, 3.8) is 0 Å². The molecule has 4 aromatic rings. The first-order chi connectivity index (χ1) is 14.9. The molecule has 3 heterocycles. The highest BCUT2D eigenvalue weighted by Gasteiger charge is 2.41. The molecule has 0 fully saturated rings. The Morgan fingerprint density at radius 1 is 1.29 bits per heavy atom. The number of aromatic amines is 1. The standard InChI is InChI=1S/C23H20FN5O2/c1-13-10-15(24)5-6-17(13)23(30)8-3-9-29-22(23)27-21(28-29)19-11-16-18(26-19)7-4-14(12-25)20(16)31-2/h4-7,10-11,26,30H,3,8-9H2,1-2H3. The molecule has 2 aromatic carbocycles. The SMILES string of the molecule is COc1c(C#N)ccc2[nH]c(-c3nc4n(n3)CCCC4(O)c3ccc(F)cc3C)cc12. The molecule has 1 atom stereocenters. The van der Waals surface area contributed by atoms with Gasteiger partial charge in [0.05, 0.1) is 18.4 Å². The Labute approximate surface area is 177 Å². The summed E-state index contributed by atoms with van der Waals surface area (Å²) >= 11 is 0. The molecule has 1 aliphatic heterocycles. The first kappa shape index (κ1) is 19.3. The minimum absolute atomic E-state index is 0.341. The molecule has 1 aliphatic rings. The number of aromatic nitrogens is 4. The van der Waals surface area contributed by atoms with Crippen LogP contribution in [-0.4, -0.2) is 32.0 Å². The molecule has 2 aromatic heterocycles. The average Bonchev–Trinajstić information content (AvgIpc) is 3.37. The average molecular weight is 417 g/mol. The fraction of sp³-hybridized carbons (Fsp3) is 0.261. The van der Waals surface area contributed by atoms with E-state index in [4.69, 9.17) is 4.74 Å². The van der Waals surface area contributed by atoms with Crippen LogP contribution in [0.1, 0.15) is 35.4 Å². The third kappa shape index (κ3) is 2.89. The summed E-state index contributed by atoms with van der Waals surface area (Å²) in [5, 5.41) is 26.3. The molecule has 0 saturated carbocycles. The molecule has 0 spiro atoms. The zero-order valence-electron chi connectivity index (χ0n) is 17.1. The summed E-state index contributed by atoms with van der Waals surface area (Å²) in [6.45, 7) is 2.41. The second kappa shape index (κ2) is 6.93. The number of aryl methyl sites for hydroxylation is 2. The van der Waals surface area contributed by atoms with Crippen molar-refractivity contribution in [1.29, 1.82) is 5.26 Å². The van der Waals surface area contributed by atoms with Crippen LogP contribution >= 0.6 is 0 Å². The number of nitrogens with zero attached hydrogens (tertiary/aromatic N) is 4. The van der Waals surface area contributed by atoms with E-state index in [-0.39, 0.29) is 5.82 Å². The molecule has 0 saturated heterocycles. The number of aliphatic hydroxyl groups is 1. The van der Waals surface area contributed by atoms with Gasteiger partial charge < -0.3 is 14.8 Å². The van der Waals surface area contributed by atoms with E-state index in [0.717, 1.165) is 17.3 Å². The highest BCUT2D eigenvalue weighted by atomic mass is 19.1. The Kier molecular flexibility index (Phi) is 4.31. The molecule has 5 rings (SSSR count). The van der Waals surface area contributed by atoms with Crippen molar-refractivity contribution < 1.29 is 14.2 Å². The lowest BCUT2D eigenvalue weighted by atomic mass is 9.83. The van der Waals surface area contributed by atoms with E-state index in [1.807, 2.05) is 12.1 Å². The summed E-state index contributed by atoms with van der Waals surface area (Å²) in [4.78, 5) is 7.95. The van der Waals surface area contributed by atoms with Crippen LogP contribution in [0.5, 0.6) is 5.75 Å². The molecule has 1 unspecified atom stereocenters. The molecule has 0 aliphatic carbocycles. The molecular formula is C23H20FN5O2. The van der Waals surface area contributed by atoms with Gasteiger partial charge in [-0.25, -0.2) is 14.1 Å². The number of rotatable bonds is 3. The van der Waals surface area contributed by atoms with Gasteiger partial charge in [0.1, 0.15) is 23.2 Å². The number of benzene rings is 2. The van der Waals surface area contributed by atoms with Gasteiger partial charge in [-0.15, -0.1) is 5.10 Å². The maximum Gasteiger partial charge on any atom is 0.197 e. The molecule has 8 heteroatoms. The molecule has 0 radical (unpaired) electrons. The number of nitriles is 1. The Hall–Kier alpha value is -3.70. The van der Waals surface area contributed by atoms with Crippen molar-refractivity contribution in [2.45, 2.75) is 31.9 Å². The number of fused-ring (bicyclic) bond motifs is 2. The minimum Gasteiger partial charge on any atom is -0.495 e. The maximum absolute atomic E-state index is 13.6. The van der Waals surface area contributed by atoms with Gasteiger partial charge >= 0.3 is 0 Å². The smallest absolute Gasteiger partial charge is 0.197 e. The Balaban J connectivity index is 1.64. The molecule has 0 amide bonds. The first-order valence-electron chi connectivity index (χ1n) is 9.99. The fourth-order valence-corrected chi connectivity index (χ4v) is 4.47. The number of hydrogen-bond acceptors (Lipinski definition) is 5. The van der Waals surface area contributed by atoms with Gasteiger partial charge in [-0.05, 0) is 61.2 Å². The van der Waals surface area contributed by atoms with Crippen LogP contribution < -0.4 is 4.74 Å². The largest absolute Gasteiger partial charge is 0.495 e. The zero-order chi connectivity index (χ0) is 21.8. The number of H-pyrrole nitrogens is 1. The summed E-state index contributed by atoms with van der Waals surface area (Å²) in [6.07, 6.45) is 1.19. The lowest BCUT2D eigenvalue weighted by Crippen LogP contribution is -2.36. The highest BCUT2D eigenvalue weighted by molar-refractivity contribution is 5.92. The van der Waals surface area contributed by atoms with Crippen molar-refractivity contribution in [3.8, 4) is 23.3 Å². The minimum atomic E-state index is -1.35. The van der Waals surface area contributed by atoms with E-state index in [1.54, 1.807) is 23.7 Å². The molecule has 2 N–H and O–H groups in total. The van der Waals surface area contributed by atoms with E-state index in [1.165, 1.54) is 19.2 Å². The summed E-state index contributed by atoms with van der Waals surface area (Å²) in [7, 11) is 1.53. The summed E-state index contributed by atoms with van der Waals surface area (Å²) in [5.74, 6) is 1.02. The Morgan fingerprint density at radius 2 is 2.13 bits per heavy atom. The number of ether oxygens (including phenoxy) is 1. The van der Waals surface area contributed by atoms with Crippen molar-refractivity contribution in [3.05, 3.63) is 64.7 Å². The lowest BCUT2D eigenvalue weighted by Gasteiger charge is -2.32. The van der Waals surface area contributed by atoms with Gasteiger partial charge in [0.2, 0.25) is 0 Å². The van der Waals surface area contributed by atoms with Crippen LogP contribution in [0.2, 0.25) is 0 Å². The summed E-state index contributed by atoms with van der Waals surface area (Å²) in [5.41, 5.74) is 1.84. The van der Waals surface area contributed by atoms with Crippen LogP contribution in [-0.2, 0) is 12.1 Å². The highest BCUT2D eigenvalue weighted by Crippen LogP contribution is 2.39. The van der Waals surface area contributed by atoms with Gasteiger partial charge in [-0.1, -0.05) is 6.07 Å². The normalized spacial score (nSPS) is 18.0. The van der Waals surface area contributed by atoms with E-state index >= 15 is 0 Å². The van der Waals surface area contributed by atoms with E-state index < -0.39 is 5.60 Å². The third-order valence-electron chi connectivity index (χ3n) is 5.90. The Bertz CT molecular complexity index is 1370. The van der Waals surface area contributed by atoms with Crippen molar-refractivity contribution in [2.24, 2.45) is 0 Å². The monoisotopic (exact) mass is 417 g/mol. The van der Waals surface area contributed by atoms with Gasteiger partial charge in [0, 0.05) is 17.4 Å². The fourth-order valence-electron chi connectivity index (χ4n) is 4.47. The van der Waals surface area contributed by atoms with Crippen LogP contribution in [0, 0.1) is 24.1 Å². The quantitative estimate of drug-likeness (QED) is 0.528. The van der Waals surface area contributed by atoms with Crippen LogP contribution in [0.25, 0.3) is 22.4 Å². The predicted molar refractivity (Wildman–Crippen MR) is 112 cm³/mol. The number of hydrogen-bond donors (Lipinski definition) is 2.